The number of fused-ring (bicyclic) bond motifs is 1. The van der Waals surface area contributed by atoms with Crippen molar-refractivity contribution < 1.29 is 9.18 Å². The number of carbonyl (C=O) groups excluding carboxylic acids is 1. The van der Waals surface area contributed by atoms with E-state index in [1.165, 1.54) is 12.1 Å². The van der Waals surface area contributed by atoms with E-state index < -0.39 is 0 Å². The summed E-state index contributed by atoms with van der Waals surface area (Å²) in [5, 5.41) is 2.63. The highest BCUT2D eigenvalue weighted by Crippen LogP contribution is 2.27. The van der Waals surface area contributed by atoms with Crippen LogP contribution in [0.25, 0.3) is 22.3 Å². The number of halogens is 1. The van der Waals surface area contributed by atoms with E-state index >= 15 is 0 Å². The van der Waals surface area contributed by atoms with Gasteiger partial charge in [-0.2, -0.15) is 0 Å². The van der Waals surface area contributed by atoms with E-state index in [9.17, 15) is 9.18 Å². The third kappa shape index (κ3) is 5.05. The fourth-order valence-electron chi connectivity index (χ4n) is 3.47. The summed E-state index contributed by atoms with van der Waals surface area (Å²) >= 11 is 0. The van der Waals surface area contributed by atoms with E-state index in [0.717, 1.165) is 41.8 Å². The molecule has 1 amide bonds. The van der Waals surface area contributed by atoms with E-state index in [2.05, 4.69) is 18.8 Å². The van der Waals surface area contributed by atoms with Crippen LogP contribution in [0.2, 0.25) is 0 Å². The average molecular weight is 391 g/mol. The quantitative estimate of drug-likeness (QED) is 0.554. The Hall–Kier alpha value is -3.08. The normalized spacial score (nSPS) is 12.0. The Morgan fingerprint density at radius 1 is 1.14 bits per heavy atom. The number of carbonyl (C=O) groups is 1. The van der Waals surface area contributed by atoms with Crippen molar-refractivity contribution in [3.05, 3.63) is 71.7 Å². The van der Waals surface area contributed by atoms with Gasteiger partial charge in [0.15, 0.2) is 0 Å². The first-order chi connectivity index (χ1) is 13.9. The van der Waals surface area contributed by atoms with E-state index in [1.54, 1.807) is 37.4 Å². The summed E-state index contributed by atoms with van der Waals surface area (Å²) in [5.41, 5.74) is 5.54. The Kier molecular flexibility index (Phi) is 6.37. The zero-order valence-electron chi connectivity index (χ0n) is 17.1. The molecule has 0 saturated heterocycles. The molecule has 0 aliphatic heterocycles. The Morgan fingerprint density at radius 2 is 1.86 bits per heavy atom. The molecule has 0 radical (unpaired) electrons. The molecule has 0 aliphatic carbocycles. The monoisotopic (exact) mass is 391 g/mol. The Bertz CT molecular complexity index is 1040. The highest BCUT2D eigenvalue weighted by molar-refractivity contribution is 5.97. The minimum atomic E-state index is -0.283. The van der Waals surface area contributed by atoms with Crippen LogP contribution in [0.3, 0.4) is 0 Å². The highest BCUT2D eigenvalue weighted by Gasteiger charge is 2.14. The zero-order valence-corrected chi connectivity index (χ0v) is 17.1. The van der Waals surface area contributed by atoms with Crippen molar-refractivity contribution in [2.45, 2.75) is 33.1 Å². The Balaban J connectivity index is 2.04. The minimum absolute atomic E-state index is 0.159. The second-order valence-corrected chi connectivity index (χ2v) is 7.61. The zero-order chi connectivity index (χ0) is 21.0. The van der Waals surface area contributed by atoms with Crippen LogP contribution in [0.4, 0.5) is 4.39 Å². The fourth-order valence-corrected chi connectivity index (χ4v) is 3.47. The maximum absolute atomic E-state index is 13.4. The summed E-state index contributed by atoms with van der Waals surface area (Å²) in [7, 11) is 1.60. The summed E-state index contributed by atoms with van der Waals surface area (Å²) in [6, 6.07) is 11.6. The second-order valence-electron chi connectivity index (χ2n) is 7.61. The molecular weight excluding hydrogens is 365 g/mol. The molecule has 3 rings (SSSR count). The highest BCUT2D eigenvalue weighted by atomic mass is 19.1. The average Bonchev–Trinajstić information content (AvgIpc) is 2.70. The summed E-state index contributed by atoms with van der Waals surface area (Å²) in [6.45, 7) is 8.23. The first-order valence-corrected chi connectivity index (χ1v) is 9.80. The summed E-state index contributed by atoms with van der Waals surface area (Å²) in [6.07, 6.45) is 2.65. The topological polar surface area (TPSA) is 54.9 Å². The molecule has 0 bridgehead atoms. The van der Waals surface area contributed by atoms with Gasteiger partial charge in [0.05, 0.1) is 22.4 Å². The number of hydrogen-bond acceptors (Lipinski definition) is 3. The van der Waals surface area contributed by atoms with Gasteiger partial charge in [0.1, 0.15) is 5.82 Å². The van der Waals surface area contributed by atoms with Crippen molar-refractivity contribution in [1.82, 2.24) is 15.3 Å². The van der Waals surface area contributed by atoms with E-state index in [-0.39, 0.29) is 11.7 Å². The molecule has 4 nitrogen and oxygen atoms in total. The number of rotatable bonds is 7. The first-order valence-electron chi connectivity index (χ1n) is 9.80. The fraction of sp³-hybridized carbons (Fsp3) is 0.292. The largest absolute Gasteiger partial charge is 0.355 e. The molecule has 1 aromatic heterocycles. The standard InChI is InChI=1S/C24H26FN3O/c1-15(2)13-16(3)5-11-21-23(17-6-9-19(25)10-7-17)28-20-12-8-18(24(29)26-4)14-22(20)27-21/h6-10,12,14,16H,1,5,11,13H2,2-4H3,(H,26,29). The molecular formula is C24H26FN3O. The van der Waals surface area contributed by atoms with Crippen LogP contribution in [-0.4, -0.2) is 22.9 Å². The molecule has 3 aromatic rings. The van der Waals surface area contributed by atoms with Crippen LogP contribution in [0.1, 0.15) is 42.7 Å². The van der Waals surface area contributed by atoms with Gasteiger partial charge in [-0.25, -0.2) is 14.4 Å². The van der Waals surface area contributed by atoms with Gasteiger partial charge in [0, 0.05) is 18.2 Å². The molecule has 0 fully saturated rings. The van der Waals surface area contributed by atoms with Gasteiger partial charge in [-0.1, -0.05) is 12.5 Å². The van der Waals surface area contributed by atoms with Gasteiger partial charge >= 0.3 is 0 Å². The van der Waals surface area contributed by atoms with Crippen molar-refractivity contribution in [3.8, 4) is 11.3 Å². The molecule has 1 heterocycles. The van der Waals surface area contributed by atoms with Crippen LogP contribution in [0, 0.1) is 11.7 Å². The number of allylic oxidation sites excluding steroid dienone is 1. The molecule has 29 heavy (non-hydrogen) atoms. The number of aryl methyl sites for hydroxylation is 1. The van der Waals surface area contributed by atoms with Gasteiger partial charge < -0.3 is 5.32 Å². The van der Waals surface area contributed by atoms with E-state index in [4.69, 9.17) is 9.97 Å². The third-order valence-electron chi connectivity index (χ3n) is 4.91. The van der Waals surface area contributed by atoms with E-state index in [0.29, 0.717) is 22.5 Å². The maximum atomic E-state index is 13.4. The Morgan fingerprint density at radius 3 is 2.52 bits per heavy atom. The minimum Gasteiger partial charge on any atom is -0.355 e. The lowest BCUT2D eigenvalue weighted by Gasteiger charge is -2.14. The van der Waals surface area contributed by atoms with Crippen molar-refractivity contribution in [3.63, 3.8) is 0 Å². The van der Waals surface area contributed by atoms with Crippen molar-refractivity contribution >= 4 is 16.9 Å². The molecule has 1 N–H and O–H groups in total. The van der Waals surface area contributed by atoms with Crippen LogP contribution < -0.4 is 5.32 Å². The van der Waals surface area contributed by atoms with Crippen molar-refractivity contribution in [2.75, 3.05) is 7.05 Å². The van der Waals surface area contributed by atoms with Gasteiger partial charge in [-0.3, -0.25) is 4.79 Å². The molecule has 5 heteroatoms. The number of aromatic nitrogens is 2. The molecule has 150 valence electrons. The predicted octanol–water partition coefficient (Wildman–Crippen LogP) is 5.33. The van der Waals surface area contributed by atoms with Crippen LogP contribution in [-0.2, 0) is 6.42 Å². The number of hydrogen-bond donors (Lipinski definition) is 1. The molecule has 2 aromatic carbocycles. The molecule has 1 atom stereocenters. The molecule has 0 saturated carbocycles. The second kappa shape index (κ2) is 8.95. The van der Waals surface area contributed by atoms with Gasteiger partial charge in [-0.05, 0) is 74.6 Å². The van der Waals surface area contributed by atoms with Gasteiger partial charge in [-0.15, -0.1) is 6.58 Å². The molecule has 1 unspecified atom stereocenters. The summed E-state index contributed by atoms with van der Waals surface area (Å²) in [5.74, 6) is 0.0329. The lowest BCUT2D eigenvalue weighted by Crippen LogP contribution is -2.17. The smallest absolute Gasteiger partial charge is 0.251 e. The van der Waals surface area contributed by atoms with Crippen LogP contribution in [0.15, 0.2) is 54.6 Å². The maximum Gasteiger partial charge on any atom is 0.251 e. The van der Waals surface area contributed by atoms with E-state index in [1.807, 2.05) is 6.92 Å². The lowest BCUT2D eigenvalue weighted by molar-refractivity contribution is 0.0963. The van der Waals surface area contributed by atoms with Crippen molar-refractivity contribution in [1.29, 1.82) is 0 Å². The predicted molar refractivity (Wildman–Crippen MR) is 115 cm³/mol. The molecule has 0 aliphatic rings. The van der Waals surface area contributed by atoms with Gasteiger partial charge in [0.2, 0.25) is 0 Å². The van der Waals surface area contributed by atoms with Crippen molar-refractivity contribution in [2.24, 2.45) is 5.92 Å². The Labute approximate surface area is 170 Å². The number of nitrogens with zero attached hydrogens (tertiary/aromatic N) is 2. The summed E-state index contributed by atoms with van der Waals surface area (Å²) < 4.78 is 13.4. The first kappa shape index (κ1) is 20.6. The van der Waals surface area contributed by atoms with Crippen LogP contribution in [0.5, 0.6) is 0 Å². The number of benzene rings is 2. The van der Waals surface area contributed by atoms with Crippen LogP contribution >= 0.6 is 0 Å². The van der Waals surface area contributed by atoms with Gasteiger partial charge in [0.25, 0.3) is 5.91 Å². The molecule has 0 spiro atoms. The number of nitrogens with one attached hydrogen (secondary N) is 1. The summed E-state index contributed by atoms with van der Waals surface area (Å²) in [4.78, 5) is 21.6. The SMILES string of the molecule is C=C(C)CC(C)CCc1nc2cc(C(=O)NC)ccc2nc1-c1ccc(F)cc1. The number of amides is 1. The third-order valence-corrected chi connectivity index (χ3v) is 4.91. The lowest BCUT2D eigenvalue weighted by atomic mass is 9.95.